The van der Waals surface area contributed by atoms with E-state index in [1.165, 1.54) is 11.3 Å². The van der Waals surface area contributed by atoms with Gasteiger partial charge in [0.25, 0.3) is 0 Å². The number of carbonyl (C=O) groups is 1. The first-order valence-corrected chi connectivity index (χ1v) is 4.12. The first-order chi connectivity index (χ1) is 5.20. The fourth-order valence-corrected chi connectivity index (χ4v) is 1.58. The summed E-state index contributed by atoms with van der Waals surface area (Å²) in [5.74, 6) is -0.780. The zero-order valence-corrected chi connectivity index (χ0v) is 6.73. The van der Waals surface area contributed by atoms with Gasteiger partial charge in [-0.3, -0.25) is 4.79 Å². The second-order valence-electron chi connectivity index (χ2n) is 2.19. The minimum absolute atomic E-state index is 0.157. The molecule has 0 fully saturated rings. The van der Waals surface area contributed by atoms with Crippen molar-refractivity contribution >= 4 is 23.0 Å². The third-order valence-electron chi connectivity index (χ3n) is 1.35. The first-order valence-electron chi connectivity index (χ1n) is 3.24. The maximum absolute atomic E-state index is 10.2. The molecule has 3 N–H and O–H groups in total. The molecule has 60 valence electrons. The smallest absolute Gasteiger partial charge is 0.303 e. The summed E-state index contributed by atoms with van der Waals surface area (Å²) in [6, 6.07) is 1.79. The summed E-state index contributed by atoms with van der Waals surface area (Å²) >= 11 is 1.50. The molecule has 3 nitrogen and oxygen atoms in total. The van der Waals surface area contributed by atoms with E-state index in [9.17, 15) is 4.79 Å². The van der Waals surface area contributed by atoms with Gasteiger partial charge in [0.2, 0.25) is 0 Å². The first kappa shape index (κ1) is 8.07. The maximum atomic E-state index is 10.2. The van der Waals surface area contributed by atoms with Crippen molar-refractivity contribution in [2.45, 2.75) is 12.8 Å². The minimum atomic E-state index is -0.780. The third-order valence-corrected chi connectivity index (χ3v) is 2.34. The van der Waals surface area contributed by atoms with Gasteiger partial charge in [0.05, 0.1) is 6.42 Å². The van der Waals surface area contributed by atoms with E-state index in [-0.39, 0.29) is 6.42 Å². The minimum Gasteiger partial charge on any atom is -0.481 e. The zero-order valence-electron chi connectivity index (χ0n) is 5.91. The van der Waals surface area contributed by atoms with Gasteiger partial charge in [0.1, 0.15) is 0 Å². The van der Waals surface area contributed by atoms with E-state index in [1.54, 1.807) is 6.07 Å². The molecule has 0 atom stereocenters. The van der Waals surface area contributed by atoms with Crippen LogP contribution in [0.4, 0.5) is 5.69 Å². The lowest BCUT2D eigenvalue weighted by molar-refractivity contribution is -0.136. The van der Waals surface area contributed by atoms with Gasteiger partial charge in [-0.15, -0.1) is 11.3 Å². The van der Waals surface area contributed by atoms with E-state index in [1.807, 2.05) is 5.38 Å². The molecule has 0 radical (unpaired) electrons. The molecular formula is C7H9NO2S. The summed E-state index contributed by atoms with van der Waals surface area (Å²) in [7, 11) is 0. The molecular weight excluding hydrogens is 162 g/mol. The van der Waals surface area contributed by atoms with Gasteiger partial charge in [-0.05, 0) is 17.9 Å². The van der Waals surface area contributed by atoms with Crippen LogP contribution < -0.4 is 5.73 Å². The molecule has 0 bridgehead atoms. The predicted octanol–water partition coefficient (Wildman–Crippen LogP) is 1.35. The molecule has 0 amide bonds. The summed E-state index contributed by atoms with van der Waals surface area (Å²) < 4.78 is 0. The summed E-state index contributed by atoms with van der Waals surface area (Å²) in [4.78, 5) is 11.1. The number of thiophene rings is 1. The van der Waals surface area contributed by atoms with E-state index in [0.29, 0.717) is 12.1 Å². The number of nitrogens with two attached hydrogens (primary N) is 1. The van der Waals surface area contributed by atoms with Gasteiger partial charge in [-0.2, -0.15) is 0 Å². The second kappa shape index (κ2) is 3.39. The van der Waals surface area contributed by atoms with Crippen molar-refractivity contribution in [3.8, 4) is 0 Å². The number of carboxylic acids is 1. The molecule has 0 aliphatic heterocycles. The molecule has 1 rings (SSSR count). The third kappa shape index (κ3) is 2.23. The van der Waals surface area contributed by atoms with Gasteiger partial charge >= 0.3 is 5.97 Å². The maximum Gasteiger partial charge on any atom is 0.303 e. The molecule has 0 unspecified atom stereocenters. The van der Waals surface area contributed by atoms with Crippen molar-refractivity contribution < 1.29 is 9.90 Å². The van der Waals surface area contributed by atoms with Crippen LogP contribution in [0.1, 0.15) is 11.3 Å². The zero-order chi connectivity index (χ0) is 8.27. The Morgan fingerprint density at radius 3 is 2.91 bits per heavy atom. The van der Waals surface area contributed by atoms with E-state index < -0.39 is 5.97 Å². The van der Waals surface area contributed by atoms with Crippen molar-refractivity contribution in [2.24, 2.45) is 0 Å². The van der Waals surface area contributed by atoms with Crippen LogP contribution in [-0.2, 0) is 11.2 Å². The quantitative estimate of drug-likeness (QED) is 0.721. The fourth-order valence-electron chi connectivity index (χ4n) is 0.774. The summed E-state index contributed by atoms with van der Waals surface area (Å²) in [6.45, 7) is 0. The van der Waals surface area contributed by atoms with Crippen LogP contribution in [0, 0.1) is 0 Å². The van der Waals surface area contributed by atoms with Crippen LogP contribution in [-0.4, -0.2) is 11.1 Å². The molecule has 0 saturated heterocycles. The molecule has 4 heteroatoms. The molecule has 0 spiro atoms. The van der Waals surface area contributed by atoms with Crippen molar-refractivity contribution in [3.63, 3.8) is 0 Å². The average Bonchev–Trinajstić information content (AvgIpc) is 2.31. The number of nitrogen functional groups attached to an aromatic ring is 1. The van der Waals surface area contributed by atoms with E-state index >= 15 is 0 Å². The Bertz CT molecular complexity index is 257. The number of rotatable bonds is 3. The van der Waals surface area contributed by atoms with E-state index in [2.05, 4.69) is 0 Å². The van der Waals surface area contributed by atoms with Crippen molar-refractivity contribution in [2.75, 3.05) is 5.73 Å². The fraction of sp³-hybridized carbons (Fsp3) is 0.286. The van der Waals surface area contributed by atoms with Crippen molar-refractivity contribution in [3.05, 3.63) is 16.3 Å². The van der Waals surface area contributed by atoms with Gasteiger partial charge in [0, 0.05) is 10.6 Å². The van der Waals surface area contributed by atoms with Gasteiger partial charge in [-0.1, -0.05) is 0 Å². The highest BCUT2D eigenvalue weighted by molar-refractivity contribution is 7.10. The summed E-state index contributed by atoms with van der Waals surface area (Å²) in [5, 5.41) is 10.2. The lowest BCUT2D eigenvalue weighted by Gasteiger charge is -1.94. The summed E-state index contributed by atoms with van der Waals surface area (Å²) in [6.07, 6.45) is 0.698. The Morgan fingerprint density at radius 2 is 2.45 bits per heavy atom. The monoisotopic (exact) mass is 171 g/mol. The van der Waals surface area contributed by atoms with Crippen LogP contribution >= 0.6 is 11.3 Å². The highest BCUT2D eigenvalue weighted by Gasteiger charge is 2.02. The number of aliphatic carboxylic acids is 1. The lowest BCUT2D eigenvalue weighted by Crippen LogP contribution is -1.97. The predicted molar refractivity (Wildman–Crippen MR) is 44.7 cm³/mol. The molecule has 11 heavy (non-hydrogen) atoms. The van der Waals surface area contributed by atoms with E-state index in [0.717, 1.165) is 4.88 Å². The molecule has 0 aliphatic carbocycles. The second-order valence-corrected chi connectivity index (χ2v) is 3.19. The molecule has 0 aromatic carbocycles. The SMILES string of the molecule is Nc1ccsc1CCC(=O)O. The molecule has 0 saturated carbocycles. The number of aryl methyl sites for hydroxylation is 1. The van der Waals surface area contributed by atoms with Crippen LogP contribution in [0.15, 0.2) is 11.4 Å². The largest absolute Gasteiger partial charge is 0.481 e. The highest BCUT2D eigenvalue weighted by atomic mass is 32.1. The average molecular weight is 171 g/mol. The summed E-state index contributed by atoms with van der Waals surface area (Å²) in [5.41, 5.74) is 6.25. The van der Waals surface area contributed by atoms with Crippen molar-refractivity contribution in [1.82, 2.24) is 0 Å². The molecule has 0 aliphatic rings. The van der Waals surface area contributed by atoms with Crippen LogP contribution in [0.25, 0.3) is 0 Å². The van der Waals surface area contributed by atoms with Gasteiger partial charge in [0.15, 0.2) is 0 Å². The van der Waals surface area contributed by atoms with Crippen molar-refractivity contribution in [1.29, 1.82) is 0 Å². The molecule has 1 aromatic rings. The van der Waals surface area contributed by atoms with Gasteiger partial charge < -0.3 is 10.8 Å². The van der Waals surface area contributed by atoms with Gasteiger partial charge in [-0.25, -0.2) is 0 Å². The number of carboxylic acid groups (broad SMARTS) is 1. The Labute approximate surface area is 68.5 Å². The standard InChI is InChI=1S/C7H9NO2S/c8-5-3-4-11-6(5)1-2-7(9)10/h3-4H,1-2,8H2,(H,9,10). The Balaban J connectivity index is 2.51. The molecule has 1 aromatic heterocycles. The normalized spacial score (nSPS) is 9.82. The lowest BCUT2D eigenvalue weighted by atomic mass is 10.2. The Hall–Kier alpha value is -1.03. The Morgan fingerprint density at radius 1 is 1.73 bits per heavy atom. The van der Waals surface area contributed by atoms with Crippen LogP contribution in [0.3, 0.4) is 0 Å². The number of anilines is 1. The van der Waals surface area contributed by atoms with Crippen LogP contribution in [0.2, 0.25) is 0 Å². The Kier molecular flexibility index (Phi) is 2.48. The van der Waals surface area contributed by atoms with E-state index in [4.69, 9.17) is 10.8 Å². The highest BCUT2D eigenvalue weighted by Crippen LogP contribution is 2.19. The number of hydrogen-bond acceptors (Lipinski definition) is 3. The molecule has 1 heterocycles. The van der Waals surface area contributed by atoms with Crippen LogP contribution in [0.5, 0.6) is 0 Å². The topological polar surface area (TPSA) is 63.3 Å². The number of hydrogen-bond donors (Lipinski definition) is 2.